The van der Waals surface area contributed by atoms with Gasteiger partial charge in [-0.1, -0.05) is 259 Å². The zero-order chi connectivity index (χ0) is 52.7. The Hall–Kier alpha value is -2.58. The molecule has 0 rings (SSSR count). The summed E-state index contributed by atoms with van der Waals surface area (Å²) < 4.78 is 23.7. The van der Waals surface area contributed by atoms with Crippen molar-refractivity contribution in [3.05, 3.63) is 97.2 Å². The molecule has 0 aromatic carbocycles. The quantitative estimate of drug-likeness (QED) is 0.0243. The molecule has 1 amide bonds. The van der Waals surface area contributed by atoms with Crippen LogP contribution >= 0.6 is 7.82 Å². The SMILES string of the molecule is CC/C=C\C/C=C\C/C=C\C/C=C\C/C=C\C/C=C\C/C=C\C/C=C\CCCCCCCCCCCCCCC(=O)NC(COP(=O)(O)OCC[N+](C)(C)C)C(O)CCCCCCCCCCCCCCC. The molecule has 0 aromatic rings. The summed E-state index contributed by atoms with van der Waals surface area (Å²) in [6.45, 7) is 4.77. The molecule has 0 aliphatic rings. The predicted octanol–water partition coefficient (Wildman–Crippen LogP) is 18.2. The number of rotatable bonds is 53. The highest BCUT2D eigenvalue weighted by molar-refractivity contribution is 7.47. The number of likely N-dealkylation sites (N-methyl/N-ethyl adjacent to an activating group) is 1. The second kappa shape index (κ2) is 53.3. The van der Waals surface area contributed by atoms with E-state index in [1.54, 1.807) is 0 Å². The fraction of sp³-hybridized carbons (Fsp3) is 0.730. The summed E-state index contributed by atoms with van der Waals surface area (Å²) in [6.07, 6.45) is 76.1. The highest BCUT2D eigenvalue weighted by Crippen LogP contribution is 2.43. The van der Waals surface area contributed by atoms with E-state index in [1.165, 1.54) is 128 Å². The highest BCUT2D eigenvalue weighted by atomic mass is 31.2. The Morgan fingerprint density at radius 1 is 0.486 bits per heavy atom. The van der Waals surface area contributed by atoms with Gasteiger partial charge in [0.2, 0.25) is 5.91 Å². The number of aliphatic hydroxyl groups excluding tert-OH is 1. The molecule has 0 heterocycles. The third kappa shape index (κ3) is 55.2. The van der Waals surface area contributed by atoms with E-state index >= 15 is 0 Å². The van der Waals surface area contributed by atoms with Crippen molar-refractivity contribution in [1.82, 2.24) is 5.32 Å². The van der Waals surface area contributed by atoms with Gasteiger partial charge in [-0.3, -0.25) is 13.8 Å². The lowest BCUT2D eigenvalue weighted by atomic mass is 10.0. The number of phosphoric acid groups is 1. The number of phosphoric ester groups is 1. The molecule has 0 aliphatic heterocycles. The minimum atomic E-state index is -4.32. The average Bonchev–Trinajstić information content (AvgIpc) is 3.34. The van der Waals surface area contributed by atoms with Crippen LogP contribution in [0.25, 0.3) is 0 Å². The van der Waals surface area contributed by atoms with Crippen LogP contribution in [0.15, 0.2) is 97.2 Å². The summed E-state index contributed by atoms with van der Waals surface area (Å²) in [4.78, 5) is 23.3. The number of allylic oxidation sites excluding steroid dienone is 16. The van der Waals surface area contributed by atoms with Crippen LogP contribution in [-0.2, 0) is 18.4 Å². The first-order chi connectivity index (χ1) is 35.0. The van der Waals surface area contributed by atoms with E-state index in [-0.39, 0.29) is 19.1 Å². The van der Waals surface area contributed by atoms with Gasteiger partial charge in [0.25, 0.3) is 0 Å². The first kappa shape index (κ1) is 69.4. The Morgan fingerprint density at radius 2 is 0.833 bits per heavy atom. The molecule has 0 aromatic heterocycles. The van der Waals surface area contributed by atoms with Crippen LogP contribution in [0.2, 0.25) is 0 Å². The van der Waals surface area contributed by atoms with Crippen LogP contribution in [0.4, 0.5) is 0 Å². The normalized spacial score (nSPS) is 14.6. The van der Waals surface area contributed by atoms with E-state index in [1.807, 2.05) is 21.1 Å². The maximum Gasteiger partial charge on any atom is 0.472 e. The van der Waals surface area contributed by atoms with Crippen LogP contribution in [0.3, 0.4) is 0 Å². The third-order valence-electron chi connectivity index (χ3n) is 12.8. The van der Waals surface area contributed by atoms with Crippen molar-refractivity contribution < 1.29 is 32.9 Å². The van der Waals surface area contributed by atoms with Gasteiger partial charge in [-0.15, -0.1) is 0 Å². The summed E-state index contributed by atoms with van der Waals surface area (Å²) in [6, 6.07) is -0.766. The van der Waals surface area contributed by atoms with Gasteiger partial charge in [0.1, 0.15) is 13.2 Å². The second-order valence-electron chi connectivity index (χ2n) is 21.0. The number of unbranched alkanes of at least 4 members (excludes halogenated alkanes) is 24. The van der Waals surface area contributed by atoms with Gasteiger partial charge in [0, 0.05) is 6.42 Å². The zero-order valence-electron chi connectivity index (χ0n) is 47.4. The second-order valence-corrected chi connectivity index (χ2v) is 22.4. The fourth-order valence-corrected chi connectivity index (χ4v) is 8.98. The van der Waals surface area contributed by atoms with Crippen LogP contribution in [0.1, 0.15) is 245 Å². The topological polar surface area (TPSA) is 105 Å². The molecule has 0 saturated carbocycles. The molecule has 0 bridgehead atoms. The van der Waals surface area contributed by atoms with Gasteiger partial charge in [0.05, 0.1) is 39.9 Å². The van der Waals surface area contributed by atoms with E-state index in [9.17, 15) is 19.4 Å². The minimum absolute atomic E-state index is 0.0711. The molecule has 0 aliphatic carbocycles. The van der Waals surface area contributed by atoms with Gasteiger partial charge < -0.3 is 19.8 Å². The molecule has 0 fully saturated rings. The number of nitrogens with one attached hydrogen (secondary N) is 1. The molecular weight excluding hydrogens is 912 g/mol. The third-order valence-corrected chi connectivity index (χ3v) is 13.8. The number of nitrogens with zero attached hydrogens (tertiary/aromatic N) is 1. The molecule has 72 heavy (non-hydrogen) atoms. The van der Waals surface area contributed by atoms with E-state index in [0.29, 0.717) is 23.9 Å². The van der Waals surface area contributed by atoms with Crippen LogP contribution < -0.4 is 5.32 Å². The molecule has 3 unspecified atom stereocenters. The lowest BCUT2D eigenvalue weighted by molar-refractivity contribution is -0.870. The number of quaternary nitrogens is 1. The van der Waals surface area contributed by atoms with E-state index in [2.05, 4.69) is 116 Å². The molecule has 8 nitrogen and oxygen atoms in total. The van der Waals surface area contributed by atoms with Crippen molar-refractivity contribution in [3.8, 4) is 0 Å². The molecule has 3 atom stereocenters. The lowest BCUT2D eigenvalue weighted by Gasteiger charge is -2.26. The van der Waals surface area contributed by atoms with E-state index < -0.39 is 20.0 Å². The fourth-order valence-electron chi connectivity index (χ4n) is 8.24. The Kier molecular flexibility index (Phi) is 51.3. The Morgan fingerprint density at radius 3 is 1.22 bits per heavy atom. The maximum atomic E-state index is 13.0. The number of hydrogen-bond donors (Lipinski definition) is 3. The molecule has 416 valence electrons. The average molecular weight is 1030 g/mol. The minimum Gasteiger partial charge on any atom is -0.391 e. The van der Waals surface area contributed by atoms with Crippen molar-refractivity contribution in [2.24, 2.45) is 0 Å². The number of hydrogen-bond acceptors (Lipinski definition) is 5. The van der Waals surface area contributed by atoms with Gasteiger partial charge in [0.15, 0.2) is 0 Å². The number of amides is 1. The maximum absolute atomic E-state index is 13.0. The standard InChI is InChI=1S/C63H113N2O6P/c1-6-8-10-12-14-16-18-20-21-22-23-24-25-26-27-28-29-30-31-32-33-34-35-36-37-38-39-40-41-42-43-45-47-49-51-53-55-57-63(67)64-61(60-71-72(68,69)70-59-58-65(3,4)5)62(66)56-54-52-50-48-46-44-19-17-15-13-11-9-7-2/h8,10,14,16,20-21,23-24,26-27,29-30,32-33,35-36,61-62,66H,6-7,9,11-13,15,17-19,22,25,28,31,34,37-60H2,1-5H3,(H-,64,67,68,69)/p+1/b10-8-,16-14-,21-20-,24-23-,27-26-,30-29-,33-32-,36-35-. The van der Waals surface area contributed by atoms with Crippen molar-refractivity contribution in [2.75, 3.05) is 40.9 Å². The molecule has 3 N–H and O–H groups in total. The molecule has 0 spiro atoms. The summed E-state index contributed by atoms with van der Waals surface area (Å²) in [5.41, 5.74) is 0. The first-order valence-electron chi connectivity index (χ1n) is 29.6. The Bertz CT molecular complexity index is 1490. The molecule has 9 heteroatoms. The zero-order valence-corrected chi connectivity index (χ0v) is 48.3. The molecule has 0 saturated heterocycles. The molecule has 0 radical (unpaired) electrons. The van der Waals surface area contributed by atoms with Gasteiger partial charge in [-0.25, -0.2) is 4.57 Å². The van der Waals surface area contributed by atoms with Gasteiger partial charge in [-0.05, 0) is 77.0 Å². The van der Waals surface area contributed by atoms with Crippen molar-refractivity contribution >= 4 is 13.7 Å². The largest absolute Gasteiger partial charge is 0.472 e. The molecular formula is C63H114N2O6P+. The summed E-state index contributed by atoms with van der Waals surface area (Å²) in [5, 5.41) is 14.0. The first-order valence-corrected chi connectivity index (χ1v) is 31.1. The number of aliphatic hydroxyl groups is 1. The Labute approximate surface area is 445 Å². The summed E-state index contributed by atoms with van der Waals surface area (Å²) >= 11 is 0. The summed E-state index contributed by atoms with van der Waals surface area (Å²) in [5.74, 6) is -0.150. The summed E-state index contributed by atoms with van der Waals surface area (Å²) in [7, 11) is 1.61. The monoisotopic (exact) mass is 1030 g/mol. The van der Waals surface area contributed by atoms with E-state index in [0.717, 1.165) is 89.9 Å². The predicted molar refractivity (Wildman–Crippen MR) is 313 cm³/mol. The number of carbonyl (C=O) groups excluding carboxylic acids is 1. The lowest BCUT2D eigenvalue weighted by Crippen LogP contribution is -2.46. The van der Waals surface area contributed by atoms with Gasteiger partial charge >= 0.3 is 7.82 Å². The highest BCUT2D eigenvalue weighted by Gasteiger charge is 2.28. The van der Waals surface area contributed by atoms with Crippen molar-refractivity contribution in [2.45, 2.75) is 257 Å². The van der Waals surface area contributed by atoms with Crippen molar-refractivity contribution in [1.29, 1.82) is 0 Å². The van der Waals surface area contributed by atoms with Crippen LogP contribution in [0, 0.1) is 0 Å². The van der Waals surface area contributed by atoms with Gasteiger partial charge in [-0.2, -0.15) is 0 Å². The van der Waals surface area contributed by atoms with E-state index in [4.69, 9.17) is 9.05 Å². The number of carbonyl (C=O) groups is 1. The van der Waals surface area contributed by atoms with Crippen molar-refractivity contribution in [3.63, 3.8) is 0 Å². The smallest absolute Gasteiger partial charge is 0.391 e. The Balaban J connectivity index is 4.04. The van der Waals surface area contributed by atoms with Crippen LogP contribution in [-0.4, -0.2) is 73.4 Å². The van der Waals surface area contributed by atoms with Crippen LogP contribution in [0.5, 0.6) is 0 Å².